The first-order valence-corrected chi connectivity index (χ1v) is 11.3. The lowest BCUT2D eigenvalue weighted by Gasteiger charge is -2.26. The normalized spacial score (nSPS) is 16.9. The quantitative estimate of drug-likeness (QED) is 0.303. The van der Waals surface area contributed by atoms with Gasteiger partial charge in [0.15, 0.2) is 0 Å². The Kier molecular flexibility index (Phi) is 6.78. The fourth-order valence-electron chi connectivity index (χ4n) is 4.17. The number of rotatable bonds is 7. The minimum Gasteiger partial charge on any atom is -0.507 e. The van der Waals surface area contributed by atoms with Gasteiger partial charge in [-0.15, -0.1) is 0 Å². The van der Waals surface area contributed by atoms with Crippen LogP contribution in [0.15, 0.2) is 78.4 Å². The van der Waals surface area contributed by atoms with E-state index >= 15 is 0 Å². The van der Waals surface area contributed by atoms with Gasteiger partial charge >= 0.3 is 0 Å². The highest BCUT2D eigenvalue weighted by Gasteiger charge is 2.47. The van der Waals surface area contributed by atoms with Gasteiger partial charge < -0.3 is 19.5 Å². The van der Waals surface area contributed by atoms with Crippen molar-refractivity contribution in [3.8, 4) is 11.5 Å². The predicted octanol–water partition coefficient (Wildman–Crippen LogP) is 4.79. The van der Waals surface area contributed by atoms with Gasteiger partial charge in [0.1, 0.15) is 17.3 Å². The zero-order valence-corrected chi connectivity index (χ0v) is 20.2. The molecule has 1 atom stereocenters. The van der Waals surface area contributed by atoms with E-state index in [1.54, 1.807) is 49.6 Å². The number of hydrogen-bond donors (Lipinski definition) is 1. The van der Waals surface area contributed by atoms with Gasteiger partial charge in [-0.1, -0.05) is 12.1 Å². The highest BCUT2D eigenvalue weighted by Crippen LogP contribution is 2.43. The second-order valence-corrected chi connectivity index (χ2v) is 8.31. The lowest BCUT2D eigenvalue weighted by Crippen LogP contribution is -2.29. The largest absolute Gasteiger partial charge is 0.507 e. The van der Waals surface area contributed by atoms with E-state index in [1.165, 1.54) is 4.90 Å². The van der Waals surface area contributed by atoms with Gasteiger partial charge in [-0.2, -0.15) is 0 Å². The Morgan fingerprint density at radius 3 is 2.26 bits per heavy atom. The van der Waals surface area contributed by atoms with Gasteiger partial charge in [0.25, 0.3) is 11.7 Å². The summed E-state index contributed by atoms with van der Waals surface area (Å²) in [7, 11) is 5.40. The van der Waals surface area contributed by atoms with E-state index < -0.39 is 17.7 Å². The molecule has 0 aliphatic carbocycles. The van der Waals surface area contributed by atoms with E-state index in [0.29, 0.717) is 34.9 Å². The van der Waals surface area contributed by atoms with E-state index in [4.69, 9.17) is 9.47 Å². The SMILES string of the molecule is CCOc1cccc(C2/C(=C(/O)c3ccc(OC)cc3)C(=O)C(=O)N2c2ccc(N(C)C)cc2)c1. The van der Waals surface area contributed by atoms with E-state index in [9.17, 15) is 14.7 Å². The molecule has 1 aliphatic heterocycles. The van der Waals surface area contributed by atoms with Gasteiger partial charge in [0, 0.05) is 31.0 Å². The number of aliphatic hydroxyl groups is 1. The van der Waals surface area contributed by atoms with Crippen LogP contribution >= 0.6 is 0 Å². The van der Waals surface area contributed by atoms with Crippen LogP contribution in [0.4, 0.5) is 11.4 Å². The van der Waals surface area contributed by atoms with Crippen LogP contribution in [-0.4, -0.2) is 44.6 Å². The molecule has 35 heavy (non-hydrogen) atoms. The number of hydrogen-bond acceptors (Lipinski definition) is 6. The van der Waals surface area contributed by atoms with Crippen molar-refractivity contribution in [2.24, 2.45) is 0 Å². The van der Waals surface area contributed by atoms with E-state index in [2.05, 4.69) is 0 Å². The van der Waals surface area contributed by atoms with E-state index in [0.717, 1.165) is 5.69 Å². The number of nitrogens with zero attached hydrogens (tertiary/aromatic N) is 2. The van der Waals surface area contributed by atoms with Crippen LogP contribution in [0.5, 0.6) is 11.5 Å². The van der Waals surface area contributed by atoms with Crippen LogP contribution < -0.4 is 19.3 Å². The Hall–Kier alpha value is -4.26. The van der Waals surface area contributed by atoms with Gasteiger partial charge in [-0.05, 0) is 73.2 Å². The summed E-state index contributed by atoms with van der Waals surface area (Å²) in [5.41, 5.74) is 2.60. The summed E-state index contributed by atoms with van der Waals surface area (Å²) in [5.74, 6) is -0.469. The van der Waals surface area contributed by atoms with Crippen molar-refractivity contribution in [3.05, 3.63) is 89.5 Å². The Labute approximate surface area is 204 Å². The molecule has 0 spiro atoms. The van der Waals surface area contributed by atoms with E-state index in [-0.39, 0.29) is 11.3 Å². The summed E-state index contributed by atoms with van der Waals surface area (Å²) in [4.78, 5) is 30.0. The number of aliphatic hydroxyl groups excluding tert-OH is 1. The van der Waals surface area contributed by atoms with Crippen LogP contribution in [0.1, 0.15) is 24.1 Å². The summed E-state index contributed by atoms with van der Waals surface area (Å²) >= 11 is 0. The van der Waals surface area contributed by atoms with Gasteiger partial charge in [0.05, 0.1) is 25.3 Å². The molecule has 1 N–H and O–H groups in total. The predicted molar refractivity (Wildman–Crippen MR) is 136 cm³/mol. The monoisotopic (exact) mass is 472 g/mol. The fourth-order valence-corrected chi connectivity index (χ4v) is 4.17. The molecular weight excluding hydrogens is 444 g/mol. The zero-order chi connectivity index (χ0) is 25.1. The molecule has 3 aromatic carbocycles. The number of benzene rings is 3. The summed E-state index contributed by atoms with van der Waals surface area (Å²) in [6.07, 6.45) is 0. The summed E-state index contributed by atoms with van der Waals surface area (Å²) < 4.78 is 10.9. The van der Waals surface area contributed by atoms with Crippen molar-refractivity contribution < 1.29 is 24.2 Å². The number of ketones is 1. The molecule has 7 nitrogen and oxygen atoms in total. The maximum atomic E-state index is 13.3. The lowest BCUT2D eigenvalue weighted by molar-refractivity contribution is -0.132. The minimum absolute atomic E-state index is 0.0190. The van der Waals surface area contributed by atoms with Crippen molar-refractivity contribution in [2.45, 2.75) is 13.0 Å². The molecule has 4 rings (SSSR count). The highest BCUT2D eigenvalue weighted by molar-refractivity contribution is 6.51. The summed E-state index contributed by atoms with van der Waals surface area (Å²) in [6, 6.07) is 20.5. The van der Waals surface area contributed by atoms with Gasteiger partial charge in [-0.3, -0.25) is 14.5 Å². The molecule has 1 unspecified atom stereocenters. The minimum atomic E-state index is -0.831. The number of ether oxygens (including phenoxy) is 2. The Balaban J connectivity index is 1.89. The number of methoxy groups -OCH3 is 1. The molecular formula is C28H28N2O5. The van der Waals surface area contributed by atoms with Crippen molar-refractivity contribution >= 4 is 28.8 Å². The van der Waals surface area contributed by atoms with Crippen LogP contribution in [0.2, 0.25) is 0 Å². The molecule has 180 valence electrons. The van der Waals surface area contributed by atoms with Crippen molar-refractivity contribution in [2.75, 3.05) is 37.6 Å². The van der Waals surface area contributed by atoms with Crippen LogP contribution in [-0.2, 0) is 9.59 Å². The smallest absolute Gasteiger partial charge is 0.300 e. The third kappa shape index (κ3) is 4.57. The van der Waals surface area contributed by atoms with Crippen molar-refractivity contribution in [3.63, 3.8) is 0 Å². The Morgan fingerprint density at radius 1 is 0.971 bits per heavy atom. The number of Topliss-reactive ketones (excluding diaryl/α,β-unsaturated/α-hetero) is 1. The second kappa shape index (κ2) is 9.93. The molecule has 1 heterocycles. The summed E-state index contributed by atoms with van der Waals surface area (Å²) in [6.45, 7) is 2.36. The molecule has 1 aliphatic rings. The maximum absolute atomic E-state index is 13.3. The standard InChI is InChI=1S/C28H28N2O5/c1-5-35-23-8-6-7-19(17-23)25-24(26(31)18-9-15-22(34-4)16-10-18)27(32)28(33)30(25)21-13-11-20(12-14-21)29(2)3/h6-17,25,31H,5H2,1-4H3/b26-24-. The molecule has 0 aromatic heterocycles. The average molecular weight is 473 g/mol. The number of carbonyl (C=O) groups is 2. The topological polar surface area (TPSA) is 79.3 Å². The van der Waals surface area contributed by atoms with Crippen molar-refractivity contribution in [1.82, 2.24) is 0 Å². The highest BCUT2D eigenvalue weighted by atomic mass is 16.5. The second-order valence-electron chi connectivity index (χ2n) is 8.31. The first-order chi connectivity index (χ1) is 16.8. The number of anilines is 2. The zero-order valence-electron chi connectivity index (χ0n) is 20.2. The first kappa shape index (κ1) is 23.9. The molecule has 0 bridgehead atoms. The van der Waals surface area contributed by atoms with Crippen LogP contribution in [0, 0.1) is 0 Å². The van der Waals surface area contributed by atoms with Gasteiger partial charge in [0.2, 0.25) is 0 Å². The maximum Gasteiger partial charge on any atom is 0.300 e. The van der Waals surface area contributed by atoms with Crippen LogP contribution in [0.3, 0.4) is 0 Å². The van der Waals surface area contributed by atoms with Crippen molar-refractivity contribution in [1.29, 1.82) is 0 Å². The third-order valence-corrected chi connectivity index (χ3v) is 5.94. The average Bonchev–Trinajstić information content (AvgIpc) is 3.14. The number of carbonyl (C=O) groups excluding carboxylic acids is 2. The fraction of sp³-hybridized carbons (Fsp3) is 0.214. The lowest BCUT2D eigenvalue weighted by atomic mass is 9.95. The molecule has 7 heteroatoms. The van der Waals surface area contributed by atoms with Crippen LogP contribution in [0.25, 0.3) is 5.76 Å². The number of amides is 1. The molecule has 1 saturated heterocycles. The van der Waals surface area contributed by atoms with E-state index in [1.807, 2.05) is 56.3 Å². The summed E-state index contributed by atoms with van der Waals surface area (Å²) in [5, 5.41) is 11.3. The Morgan fingerprint density at radius 2 is 1.66 bits per heavy atom. The Bertz CT molecular complexity index is 1260. The molecule has 0 saturated carbocycles. The first-order valence-electron chi connectivity index (χ1n) is 11.3. The third-order valence-electron chi connectivity index (χ3n) is 5.94. The molecule has 3 aromatic rings. The molecule has 0 radical (unpaired) electrons. The molecule has 1 amide bonds. The van der Waals surface area contributed by atoms with Gasteiger partial charge in [-0.25, -0.2) is 0 Å². The molecule has 1 fully saturated rings.